The third kappa shape index (κ3) is 4.07. The molecule has 1 aromatic carbocycles. The Kier molecular flexibility index (Phi) is 4.67. The minimum absolute atomic E-state index is 0.118. The lowest BCUT2D eigenvalue weighted by Crippen LogP contribution is -2.31. The van der Waals surface area contributed by atoms with Crippen LogP contribution in [0.15, 0.2) is 24.3 Å². The first-order valence-corrected chi connectivity index (χ1v) is 7.71. The van der Waals surface area contributed by atoms with Crippen LogP contribution in [0.1, 0.15) is 52.0 Å². The van der Waals surface area contributed by atoms with E-state index < -0.39 is 0 Å². The smallest absolute Gasteiger partial charge is 0.227 e. The van der Waals surface area contributed by atoms with Crippen LogP contribution in [0.4, 0.5) is 5.69 Å². The number of nitrogens with one attached hydrogen (secondary N) is 1. The van der Waals surface area contributed by atoms with Gasteiger partial charge in [0.25, 0.3) is 0 Å². The molecule has 0 unspecified atom stereocenters. The van der Waals surface area contributed by atoms with E-state index in [1.165, 1.54) is 0 Å². The summed E-state index contributed by atoms with van der Waals surface area (Å²) >= 11 is 0. The number of rotatable bonds is 2. The molecule has 0 saturated heterocycles. The first-order chi connectivity index (χ1) is 9.90. The van der Waals surface area contributed by atoms with E-state index in [0.717, 1.165) is 37.3 Å². The van der Waals surface area contributed by atoms with Crippen molar-refractivity contribution < 1.29 is 4.79 Å². The highest BCUT2D eigenvalue weighted by Gasteiger charge is 2.32. The summed E-state index contributed by atoms with van der Waals surface area (Å²) in [6.45, 7) is 6.86. The number of hydrogen-bond donors (Lipinski definition) is 1. The maximum Gasteiger partial charge on any atom is 0.227 e. The Morgan fingerprint density at radius 1 is 1.14 bits per heavy atom. The molecule has 1 aliphatic rings. The van der Waals surface area contributed by atoms with Gasteiger partial charge in [-0.25, -0.2) is 0 Å². The number of benzene rings is 1. The topological polar surface area (TPSA) is 52.9 Å². The van der Waals surface area contributed by atoms with E-state index in [9.17, 15) is 4.79 Å². The fraction of sp³-hybridized carbons (Fsp3) is 0.556. The van der Waals surface area contributed by atoms with Crippen LogP contribution in [-0.4, -0.2) is 5.91 Å². The largest absolute Gasteiger partial charge is 0.326 e. The third-order valence-corrected chi connectivity index (χ3v) is 4.60. The monoisotopic (exact) mass is 284 g/mol. The number of carbonyl (C=O) groups excluding carboxylic acids is 1. The molecule has 0 heterocycles. The summed E-state index contributed by atoms with van der Waals surface area (Å²) in [5.74, 6) is 0.961. The van der Waals surface area contributed by atoms with E-state index in [2.05, 4.69) is 32.2 Å². The van der Waals surface area contributed by atoms with E-state index >= 15 is 0 Å². The molecule has 0 spiro atoms. The quantitative estimate of drug-likeness (QED) is 0.877. The fourth-order valence-corrected chi connectivity index (χ4v) is 3.09. The second-order valence-electron chi connectivity index (χ2n) is 7.09. The van der Waals surface area contributed by atoms with Gasteiger partial charge in [-0.3, -0.25) is 4.79 Å². The zero-order chi connectivity index (χ0) is 15.5. The zero-order valence-electron chi connectivity index (χ0n) is 13.1. The minimum Gasteiger partial charge on any atom is -0.326 e. The van der Waals surface area contributed by atoms with E-state index in [0.29, 0.717) is 11.0 Å². The molecule has 1 saturated carbocycles. The van der Waals surface area contributed by atoms with E-state index in [1.54, 1.807) is 24.3 Å². The molecular formula is C18H24N2O. The maximum atomic E-state index is 12.3. The SMILES string of the molecule is CC(C)(C)C1CCC(C(=O)Nc2ccc(C#N)cc2)CC1. The summed E-state index contributed by atoms with van der Waals surface area (Å²) in [5.41, 5.74) is 1.73. The van der Waals surface area contributed by atoms with Crippen LogP contribution in [-0.2, 0) is 4.79 Å². The highest BCUT2D eigenvalue weighted by molar-refractivity contribution is 5.92. The Labute approximate surface area is 127 Å². The van der Waals surface area contributed by atoms with Crippen LogP contribution in [0.5, 0.6) is 0 Å². The number of anilines is 1. The van der Waals surface area contributed by atoms with E-state index in [-0.39, 0.29) is 11.8 Å². The molecule has 0 atom stereocenters. The Bertz CT molecular complexity index is 526. The lowest BCUT2D eigenvalue weighted by atomic mass is 9.69. The Hall–Kier alpha value is -1.82. The van der Waals surface area contributed by atoms with Crippen molar-refractivity contribution in [2.24, 2.45) is 17.3 Å². The molecule has 1 N–H and O–H groups in total. The highest BCUT2D eigenvalue weighted by atomic mass is 16.1. The summed E-state index contributed by atoms with van der Waals surface area (Å²) in [4.78, 5) is 12.3. The summed E-state index contributed by atoms with van der Waals surface area (Å²) in [6, 6.07) is 9.11. The average molecular weight is 284 g/mol. The predicted octanol–water partition coefficient (Wildman–Crippen LogP) is 4.35. The number of nitrogens with zero attached hydrogens (tertiary/aromatic N) is 1. The van der Waals surface area contributed by atoms with Gasteiger partial charge in [-0.2, -0.15) is 5.26 Å². The average Bonchev–Trinajstić information content (AvgIpc) is 2.47. The van der Waals surface area contributed by atoms with Crippen LogP contribution < -0.4 is 5.32 Å². The normalized spacial score (nSPS) is 22.4. The summed E-state index contributed by atoms with van der Waals surface area (Å²) in [7, 11) is 0. The molecule has 2 rings (SSSR count). The molecule has 1 aliphatic carbocycles. The molecule has 1 amide bonds. The number of carbonyl (C=O) groups is 1. The Morgan fingerprint density at radius 2 is 1.71 bits per heavy atom. The Morgan fingerprint density at radius 3 is 2.19 bits per heavy atom. The van der Waals surface area contributed by atoms with Crippen molar-refractivity contribution in [1.82, 2.24) is 0 Å². The zero-order valence-corrected chi connectivity index (χ0v) is 13.1. The second-order valence-corrected chi connectivity index (χ2v) is 7.09. The van der Waals surface area contributed by atoms with Gasteiger partial charge in [0.1, 0.15) is 0 Å². The van der Waals surface area contributed by atoms with Crippen LogP contribution in [0.25, 0.3) is 0 Å². The molecule has 3 heteroatoms. The fourth-order valence-electron chi connectivity index (χ4n) is 3.09. The molecule has 112 valence electrons. The lowest BCUT2D eigenvalue weighted by molar-refractivity contribution is -0.121. The standard InChI is InChI=1S/C18H24N2O/c1-18(2,3)15-8-6-14(7-9-15)17(21)20-16-10-4-13(12-19)5-11-16/h4-5,10-11,14-15H,6-9H2,1-3H3,(H,20,21). The van der Waals surface area contributed by atoms with Gasteiger partial charge in [-0.15, -0.1) is 0 Å². The van der Waals surface area contributed by atoms with Crippen LogP contribution in [0, 0.1) is 28.6 Å². The lowest BCUT2D eigenvalue weighted by Gasteiger charge is -2.36. The van der Waals surface area contributed by atoms with Gasteiger partial charge in [-0.1, -0.05) is 20.8 Å². The van der Waals surface area contributed by atoms with Gasteiger partial charge in [0, 0.05) is 11.6 Å². The molecule has 0 aromatic heterocycles. The van der Waals surface area contributed by atoms with Crippen molar-refractivity contribution in [1.29, 1.82) is 5.26 Å². The van der Waals surface area contributed by atoms with Crippen molar-refractivity contribution in [3.63, 3.8) is 0 Å². The predicted molar refractivity (Wildman–Crippen MR) is 84.7 cm³/mol. The molecular weight excluding hydrogens is 260 g/mol. The molecule has 21 heavy (non-hydrogen) atoms. The number of amides is 1. The summed E-state index contributed by atoms with van der Waals surface area (Å²) in [5, 5.41) is 11.7. The summed E-state index contributed by atoms with van der Waals surface area (Å²) < 4.78 is 0. The van der Waals surface area contributed by atoms with Crippen molar-refractivity contribution in [3.8, 4) is 6.07 Å². The summed E-state index contributed by atoms with van der Waals surface area (Å²) in [6.07, 6.45) is 4.22. The van der Waals surface area contributed by atoms with Gasteiger partial charge in [0.2, 0.25) is 5.91 Å². The first kappa shape index (κ1) is 15.6. The van der Waals surface area contributed by atoms with Gasteiger partial charge in [0.05, 0.1) is 11.6 Å². The van der Waals surface area contributed by atoms with Gasteiger partial charge in [-0.05, 0) is 61.3 Å². The molecule has 1 fully saturated rings. The van der Waals surface area contributed by atoms with Crippen molar-refractivity contribution in [3.05, 3.63) is 29.8 Å². The van der Waals surface area contributed by atoms with Gasteiger partial charge in [0.15, 0.2) is 0 Å². The van der Waals surface area contributed by atoms with Crippen molar-refractivity contribution in [2.45, 2.75) is 46.5 Å². The molecule has 0 aliphatic heterocycles. The highest BCUT2D eigenvalue weighted by Crippen LogP contribution is 2.40. The van der Waals surface area contributed by atoms with Crippen LogP contribution in [0.2, 0.25) is 0 Å². The second kappa shape index (κ2) is 6.30. The van der Waals surface area contributed by atoms with E-state index in [1.807, 2.05) is 0 Å². The molecule has 1 aromatic rings. The maximum absolute atomic E-state index is 12.3. The Balaban J connectivity index is 1.89. The number of hydrogen-bond acceptors (Lipinski definition) is 2. The van der Waals surface area contributed by atoms with Gasteiger partial charge < -0.3 is 5.32 Å². The van der Waals surface area contributed by atoms with Crippen LogP contribution >= 0.6 is 0 Å². The number of nitriles is 1. The first-order valence-electron chi connectivity index (χ1n) is 7.71. The van der Waals surface area contributed by atoms with E-state index in [4.69, 9.17) is 5.26 Å². The van der Waals surface area contributed by atoms with Crippen molar-refractivity contribution in [2.75, 3.05) is 5.32 Å². The molecule has 3 nitrogen and oxygen atoms in total. The molecule has 0 radical (unpaired) electrons. The minimum atomic E-state index is 0.118. The van der Waals surface area contributed by atoms with Crippen molar-refractivity contribution >= 4 is 11.6 Å². The molecule has 0 bridgehead atoms. The third-order valence-electron chi connectivity index (χ3n) is 4.60. The van der Waals surface area contributed by atoms with Gasteiger partial charge >= 0.3 is 0 Å². The van der Waals surface area contributed by atoms with Crippen LogP contribution in [0.3, 0.4) is 0 Å².